The maximum Gasteiger partial charge on any atom is 0.408 e. The molecule has 7 heteroatoms. The number of hydrogen-bond acceptors (Lipinski definition) is 4. The number of tetrazole rings is 1. The number of aromatic amines is 1. The molecule has 1 aliphatic carbocycles. The molecule has 0 bridgehead atoms. The Morgan fingerprint density at radius 3 is 2.67 bits per heavy atom. The number of nitrogens with one attached hydrogen (secondary N) is 1. The number of hydrogen-bond donors (Lipinski definition) is 2. The van der Waals surface area contributed by atoms with Crippen LogP contribution in [0.3, 0.4) is 0 Å². The molecular weight excluding hydrogens is 234 g/mol. The number of aromatic nitrogens is 4. The van der Waals surface area contributed by atoms with Gasteiger partial charge in [0.1, 0.15) is 0 Å². The molecular formula is C11H19N5O2. The molecule has 18 heavy (non-hydrogen) atoms. The fourth-order valence-corrected chi connectivity index (χ4v) is 2.80. The van der Waals surface area contributed by atoms with E-state index < -0.39 is 11.6 Å². The van der Waals surface area contributed by atoms with Gasteiger partial charge in [-0.15, -0.1) is 10.2 Å². The lowest BCUT2D eigenvalue weighted by Crippen LogP contribution is -2.52. The molecule has 1 amide bonds. The van der Waals surface area contributed by atoms with Crippen LogP contribution >= 0.6 is 0 Å². The molecule has 0 spiro atoms. The molecule has 1 saturated carbocycles. The lowest BCUT2D eigenvalue weighted by Gasteiger charge is -2.39. The van der Waals surface area contributed by atoms with E-state index in [0.29, 0.717) is 5.82 Å². The lowest BCUT2D eigenvalue weighted by atomic mass is 9.96. The zero-order chi connectivity index (χ0) is 13.3. The van der Waals surface area contributed by atoms with Crippen molar-refractivity contribution in [3.05, 3.63) is 5.82 Å². The third kappa shape index (κ3) is 2.30. The van der Waals surface area contributed by atoms with E-state index in [1.807, 2.05) is 20.8 Å². The molecule has 0 unspecified atom stereocenters. The van der Waals surface area contributed by atoms with Gasteiger partial charge in [0.2, 0.25) is 0 Å². The van der Waals surface area contributed by atoms with Crippen molar-refractivity contribution in [2.24, 2.45) is 0 Å². The van der Waals surface area contributed by atoms with Gasteiger partial charge in [-0.25, -0.2) is 4.79 Å². The van der Waals surface area contributed by atoms with E-state index in [-0.39, 0.29) is 12.0 Å². The summed E-state index contributed by atoms with van der Waals surface area (Å²) in [6, 6.07) is -0.0694. The number of rotatable bonds is 2. The van der Waals surface area contributed by atoms with Crippen LogP contribution in [-0.4, -0.2) is 48.3 Å². The van der Waals surface area contributed by atoms with Crippen molar-refractivity contribution in [3.8, 4) is 0 Å². The number of carbonyl (C=O) groups is 1. The topological polar surface area (TPSA) is 95.0 Å². The first-order chi connectivity index (χ1) is 8.41. The van der Waals surface area contributed by atoms with Crippen LogP contribution in [0.5, 0.6) is 0 Å². The minimum absolute atomic E-state index is 0.0408. The van der Waals surface area contributed by atoms with Crippen molar-refractivity contribution in [3.63, 3.8) is 0 Å². The van der Waals surface area contributed by atoms with Gasteiger partial charge in [-0.1, -0.05) is 11.6 Å². The third-order valence-electron chi connectivity index (χ3n) is 3.43. The van der Waals surface area contributed by atoms with Crippen molar-refractivity contribution in [2.75, 3.05) is 0 Å². The smallest absolute Gasteiger partial charge is 0.408 e. The van der Waals surface area contributed by atoms with Crippen molar-refractivity contribution >= 4 is 6.09 Å². The second kappa shape index (κ2) is 4.55. The highest BCUT2D eigenvalue weighted by atomic mass is 16.4. The van der Waals surface area contributed by atoms with E-state index in [1.54, 1.807) is 0 Å². The van der Waals surface area contributed by atoms with E-state index in [1.165, 1.54) is 4.90 Å². The van der Waals surface area contributed by atoms with Crippen LogP contribution in [0.15, 0.2) is 0 Å². The summed E-state index contributed by atoms with van der Waals surface area (Å²) in [4.78, 5) is 13.0. The van der Waals surface area contributed by atoms with E-state index in [9.17, 15) is 9.90 Å². The maximum atomic E-state index is 11.5. The first kappa shape index (κ1) is 12.8. The molecule has 7 nitrogen and oxygen atoms in total. The summed E-state index contributed by atoms with van der Waals surface area (Å²) in [5.41, 5.74) is -0.428. The highest BCUT2D eigenvalue weighted by Gasteiger charge is 2.42. The summed E-state index contributed by atoms with van der Waals surface area (Å²) in [7, 11) is 0. The van der Waals surface area contributed by atoms with E-state index in [2.05, 4.69) is 20.6 Å². The largest absolute Gasteiger partial charge is 0.465 e. The van der Waals surface area contributed by atoms with Gasteiger partial charge in [-0.3, -0.25) is 4.90 Å². The predicted octanol–water partition coefficient (Wildman–Crippen LogP) is 1.61. The van der Waals surface area contributed by atoms with Gasteiger partial charge < -0.3 is 5.11 Å². The molecule has 1 fully saturated rings. The van der Waals surface area contributed by atoms with Crippen LogP contribution in [0.25, 0.3) is 0 Å². The molecule has 0 radical (unpaired) electrons. The Labute approximate surface area is 106 Å². The molecule has 1 heterocycles. The average molecular weight is 253 g/mol. The second-order valence-corrected chi connectivity index (χ2v) is 5.70. The Morgan fingerprint density at radius 1 is 1.44 bits per heavy atom. The summed E-state index contributed by atoms with van der Waals surface area (Å²) in [5, 5.41) is 23.5. The van der Waals surface area contributed by atoms with Gasteiger partial charge in [0.05, 0.1) is 0 Å². The number of nitrogens with zero attached hydrogens (tertiary/aromatic N) is 4. The van der Waals surface area contributed by atoms with Gasteiger partial charge in [-0.05, 0) is 33.6 Å². The normalized spacial score (nSPS) is 24.2. The van der Waals surface area contributed by atoms with Crippen molar-refractivity contribution in [2.45, 2.75) is 57.5 Å². The Bertz CT molecular complexity index is 412. The van der Waals surface area contributed by atoms with Crippen LogP contribution < -0.4 is 0 Å². The quantitative estimate of drug-likeness (QED) is 0.835. The van der Waals surface area contributed by atoms with Gasteiger partial charge in [0.25, 0.3) is 0 Å². The standard InChI is InChI=1S/C11H19N5O2/c1-11(2,3)16(10(17)18)8-6-4-5-7(8)9-12-14-15-13-9/h7-8H,4-6H2,1-3H3,(H,17,18)(H,12,13,14,15)/t7-,8+/m1/s1. The summed E-state index contributed by atoms with van der Waals surface area (Å²) in [5.74, 6) is 0.659. The zero-order valence-corrected chi connectivity index (χ0v) is 10.9. The minimum Gasteiger partial charge on any atom is -0.465 e. The maximum absolute atomic E-state index is 11.5. The van der Waals surface area contributed by atoms with Gasteiger partial charge in [-0.2, -0.15) is 5.21 Å². The fraction of sp³-hybridized carbons (Fsp3) is 0.818. The Kier molecular flexibility index (Phi) is 3.23. The molecule has 1 aliphatic rings. The van der Waals surface area contributed by atoms with Crippen LogP contribution in [0, 0.1) is 0 Å². The molecule has 0 aromatic carbocycles. The first-order valence-electron chi connectivity index (χ1n) is 6.17. The van der Waals surface area contributed by atoms with Crippen LogP contribution in [-0.2, 0) is 0 Å². The molecule has 100 valence electrons. The second-order valence-electron chi connectivity index (χ2n) is 5.70. The number of H-pyrrole nitrogens is 1. The van der Waals surface area contributed by atoms with Gasteiger partial charge >= 0.3 is 6.09 Å². The Morgan fingerprint density at radius 2 is 2.17 bits per heavy atom. The Balaban J connectivity index is 2.27. The molecule has 0 aliphatic heterocycles. The monoisotopic (exact) mass is 253 g/mol. The Hall–Kier alpha value is -1.66. The molecule has 2 N–H and O–H groups in total. The highest BCUT2D eigenvalue weighted by Crippen LogP contribution is 2.38. The van der Waals surface area contributed by atoms with E-state index >= 15 is 0 Å². The minimum atomic E-state index is -0.886. The summed E-state index contributed by atoms with van der Waals surface area (Å²) < 4.78 is 0. The van der Waals surface area contributed by atoms with Gasteiger partial charge in [0, 0.05) is 17.5 Å². The average Bonchev–Trinajstić information content (AvgIpc) is 2.82. The van der Waals surface area contributed by atoms with Crippen molar-refractivity contribution in [1.29, 1.82) is 0 Å². The van der Waals surface area contributed by atoms with Crippen LogP contribution in [0.1, 0.15) is 51.8 Å². The van der Waals surface area contributed by atoms with E-state index in [4.69, 9.17) is 0 Å². The van der Waals surface area contributed by atoms with E-state index in [0.717, 1.165) is 19.3 Å². The highest BCUT2D eigenvalue weighted by molar-refractivity contribution is 5.66. The fourth-order valence-electron chi connectivity index (χ4n) is 2.80. The summed E-state index contributed by atoms with van der Waals surface area (Å²) in [6.45, 7) is 5.73. The summed E-state index contributed by atoms with van der Waals surface area (Å²) >= 11 is 0. The SMILES string of the molecule is CC(C)(C)N(C(=O)O)[C@H]1CCC[C@H]1c1nn[nH]n1. The molecule has 0 saturated heterocycles. The third-order valence-corrected chi connectivity index (χ3v) is 3.43. The number of amides is 1. The number of carboxylic acid groups (broad SMARTS) is 1. The molecule has 1 aromatic heterocycles. The first-order valence-corrected chi connectivity index (χ1v) is 6.17. The molecule has 2 rings (SSSR count). The van der Waals surface area contributed by atoms with Crippen molar-refractivity contribution < 1.29 is 9.90 Å². The zero-order valence-electron chi connectivity index (χ0n) is 10.9. The lowest BCUT2D eigenvalue weighted by molar-refractivity contribution is 0.0657. The van der Waals surface area contributed by atoms with Crippen LogP contribution in [0.4, 0.5) is 4.79 Å². The molecule has 1 aromatic rings. The predicted molar refractivity (Wildman–Crippen MR) is 64.2 cm³/mol. The summed E-state index contributed by atoms with van der Waals surface area (Å²) in [6.07, 6.45) is 1.86. The molecule has 2 atom stereocenters. The van der Waals surface area contributed by atoms with Crippen LogP contribution in [0.2, 0.25) is 0 Å². The van der Waals surface area contributed by atoms with Crippen molar-refractivity contribution in [1.82, 2.24) is 25.5 Å². The van der Waals surface area contributed by atoms with Gasteiger partial charge in [0.15, 0.2) is 5.82 Å².